The lowest BCUT2D eigenvalue weighted by Crippen LogP contribution is -2.32. The van der Waals surface area contributed by atoms with Gasteiger partial charge >= 0.3 is 0 Å². The highest BCUT2D eigenvalue weighted by Gasteiger charge is 2.46. The van der Waals surface area contributed by atoms with Gasteiger partial charge in [0.1, 0.15) is 11.5 Å². The summed E-state index contributed by atoms with van der Waals surface area (Å²) in [6.07, 6.45) is 0. The van der Waals surface area contributed by atoms with E-state index in [1.165, 1.54) is 18.1 Å². The van der Waals surface area contributed by atoms with Gasteiger partial charge < -0.3 is 29.3 Å². The number of Topliss-reactive ketones (excluding diaryl/α,β-unsaturated/α-hetero) is 1. The van der Waals surface area contributed by atoms with E-state index in [9.17, 15) is 19.8 Å². The van der Waals surface area contributed by atoms with Crippen LogP contribution in [-0.2, 0) is 14.3 Å². The lowest BCUT2D eigenvalue weighted by atomic mass is 9.95. The van der Waals surface area contributed by atoms with Crippen LogP contribution in [0.5, 0.6) is 17.2 Å². The van der Waals surface area contributed by atoms with E-state index < -0.39 is 17.7 Å². The van der Waals surface area contributed by atoms with Crippen molar-refractivity contribution in [3.05, 3.63) is 59.2 Å². The number of carbonyl (C=O) groups is 2. The van der Waals surface area contributed by atoms with Gasteiger partial charge in [-0.05, 0) is 55.8 Å². The van der Waals surface area contributed by atoms with Crippen LogP contribution in [0.1, 0.15) is 31.0 Å². The summed E-state index contributed by atoms with van der Waals surface area (Å²) >= 11 is 0. The maximum absolute atomic E-state index is 13.0. The molecular formula is C24H27NO7. The average molecular weight is 441 g/mol. The Bertz CT molecular complexity index is 1010. The number of hydrogen-bond donors (Lipinski definition) is 2. The second kappa shape index (κ2) is 10.2. The normalized spacial score (nSPS) is 17.6. The van der Waals surface area contributed by atoms with Crippen LogP contribution in [0.4, 0.5) is 0 Å². The Morgan fingerprint density at radius 3 is 2.34 bits per heavy atom. The Labute approximate surface area is 186 Å². The maximum atomic E-state index is 13.0. The molecule has 170 valence electrons. The van der Waals surface area contributed by atoms with Gasteiger partial charge in [-0.1, -0.05) is 6.07 Å². The third-order valence-corrected chi connectivity index (χ3v) is 5.11. The number of carbonyl (C=O) groups excluding carboxylic acids is 2. The second-order valence-electron chi connectivity index (χ2n) is 7.10. The van der Waals surface area contributed by atoms with E-state index in [0.29, 0.717) is 30.1 Å². The van der Waals surface area contributed by atoms with E-state index in [0.717, 1.165) is 0 Å². The first-order valence-electron chi connectivity index (χ1n) is 10.4. The van der Waals surface area contributed by atoms with Crippen molar-refractivity contribution in [1.82, 2.24) is 4.90 Å². The molecule has 1 atom stereocenters. The molecule has 0 unspecified atom stereocenters. The monoisotopic (exact) mass is 441 g/mol. The molecule has 8 heteroatoms. The highest BCUT2D eigenvalue weighted by atomic mass is 16.5. The van der Waals surface area contributed by atoms with Gasteiger partial charge in [0, 0.05) is 19.2 Å². The number of ketones is 1. The van der Waals surface area contributed by atoms with Crippen molar-refractivity contribution in [3.63, 3.8) is 0 Å². The van der Waals surface area contributed by atoms with Crippen LogP contribution in [0.15, 0.2) is 48.0 Å². The number of aromatic hydroxyl groups is 1. The van der Waals surface area contributed by atoms with Crippen LogP contribution in [0.25, 0.3) is 5.76 Å². The number of benzene rings is 2. The molecule has 1 fully saturated rings. The van der Waals surface area contributed by atoms with E-state index in [4.69, 9.17) is 14.2 Å². The topological polar surface area (TPSA) is 106 Å². The van der Waals surface area contributed by atoms with Crippen LogP contribution < -0.4 is 9.47 Å². The van der Waals surface area contributed by atoms with Crippen molar-refractivity contribution in [2.45, 2.75) is 19.9 Å². The first kappa shape index (κ1) is 23.1. The summed E-state index contributed by atoms with van der Waals surface area (Å²) < 4.78 is 16.0. The molecule has 0 saturated carbocycles. The molecular weight excluding hydrogens is 414 g/mol. The van der Waals surface area contributed by atoms with Crippen molar-refractivity contribution < 1.29 is 34.0 Å². The Hall–Kier alpha value is -3.52. The number of phenols is 1. The molecule has 0 bridgehead atoms. The van der Waals surface area contributed by atoms with E-state index in [2.05, 4.69) is 0 Å². The fourth-order valence-corrected chi connectivity index (χ4v) is 3.65. The van der Waals surface area contributed by atoms with Crippen molar-refractivity contribution >= 4 is 17.4 Å². The van der Waals surface area contributed by atoms with Gasteiger partial charge in [0.05, 0.1) is 31.4 Å². The molecule has 1 aliphatic rings. The summed E-state index contributed by atoms with van der Waals surface area (Å²) in [7, 11) is 1.50. The number of aliphatic hydroxyl groups is 1. The van der Waals surface area contributed by atoms with Crippen LogP contribution in [-0.4, -0.2) is 60.3 Å². The van der Waals surface area contributed by atoms with Crippen molar-refractivity contribution in [1.29, 1.82) is 0 Å². The van der Waals surface area contributed by atoms with Gasteiger partial charge in [0.25, 0.3) is 11.7 Å². The molecule has 0 radical (unpaired) electrons. The number of likely N-dealkylation sites (tertiary alicyclic amines) is 1. The number of phenolic OH excluding ortho intramolecular Hbond substituents is 1. The van der Waals surface area contributed by atoms with Gasteiger partial charge in [-0.2, -0.15) is 0 Å². The standard InChI is InChI=1S/C24H27NO7/c1-4-31-17-9-6-15(7-10-17)22(27)20-21(25(12-13-30-3)24(29)23(20)28)16-8-11-18(26)19(14-16)32-5-2/h6-11,14,21,26-27H,4-5,12-13H2,1-3H3/b22-20+/t21-/m1/s1. The lowest BCUT2D eigenvalue weighted by Gasteiger charge is -2.25. The van der Waals surface area contributed by atoms with Crippen LogP contribution in [0.3, 0.4) is 0 Å². The van der Waals surface area contributed by atoms with Gasteiger partial charge in [0.15, 0.2) is 11.5 Å². The molecule has 1 aliphatic heterocycles. The lowest BCUT2D eigenvalue weighted by molar-refractivity contribution is -0.140. The van der Waals surface area contributed by atoms with E-state index >= 15 is 0 Å². The third kappa shape index (κ3) is 4.55. The first-order valence-corrected chi connectivity index (χ1v) is 10.4. The largest absolute Gasteiger partial charge is 0.507 e. The van der Waals surface area contributed by atoms with Gasteiger partial charge in [-0.3, -0.25) is 9.59 Å². The minimum absolute atomic E-state index is 0.0385. The molecule has 2 N–H and O–H groups in total. The minimum Gasteiger partial charge on any atom is -0.507 e. The SMILES string of the molecule is CCOc1ccc(/C(O)=C2\C(=O)C(=O)N(CCOC)[C@@H]2c2ccc(O)c(OCC)c2)cc1. The summed E-state index contributed by atoms with van der Waals surface area (Å²) in [5.41, 5.74) is 0.865. The van der Waals surface area contributed by atoms with E-state index in [1.807, 2.05) is 6.92 Å². The minimum atomic E-state index is -0.864. The molecule has 32 heavy (non-hydrogen) atoms. The van der Waals surface area contributed by atoms with Crippen molar-refractivity contribution in [2.24, 2.45) is 0 Å². The Morgan fingerprint density at radius 2 is 1.72 bits per heavy atom. The van der Waals surface area contributed by atoms with Gasteiger partial charge in [0.2, 0.25) is 0 Å². The summed E-state index contributed by atoms with van der Waals surface area (Å²) in [5.74, 6) is -1.02. The van der Waals surface area contributed by atoms with Gasteiger partial charge in [-0.25, -0.2) is 0 Å². The number of amides is 1. The van der Waals surface area contributed by atoms with E-state index in [-0.39, 0.29) is 36.0 Å². The highest BCUT2D eigenvalue weighted by molar-refractivity contribution is 6.46. The number of hydrogen-bond acceptors (Lipinski definition) is 7. The fourth-order valence-electron chi connectivity index (χ4n) is 3.65. The first-order chi connectivity index (χ1) is 15.4. The molecule has 1 heterocycles. The number of nitrogens with zero attached hydrogens (tertiary/aromatic N) is 1. The molecule has 3 rings (SSSR count). The highest BCUT2D eigenvalue weighted by Crippen LogP contribution is 2.41. The predicted octanol–water partition coefficient (Wildman–Crippen LogP) is 3.26. The number of rotatable bonds is 9. The average Bonchev–Trinajstić information content (AvgIpc) is 3.04. The zero-order valence-electron chi connectivity index (χ0n) is 18.3. The molecule has 2 aromatic rings. The van der Waals surface area contributed by atoms with Gasteiger partial charge in [-0.15, -0.1) is 0 Å². The quantitative estimate of drug-likeness (QED) is 0.350. The van der Waals surface area contributed by atoms with Crippen LogP contribution in [0.2, 0.25) is 0 Å². The van der Waals surface area contributed by atoms with Crippen molar-refractivity contribution in [2.75, 3.05) is 33.5 Å². The number of aliphatic hydroxyl groups excluding tert-OH is 1. The fraction of sp³-hybridized carbons (Fsp3) is 0.333. The zero-order chi connectivity index (χ0) is 23.3. The molecule has 1 amide bonds. The molecule has 1 saturated heterocycles. The van der Waals surface area contributed by atoms with Crippen LogP contribution in [0, 0.1) is 0 Å². The second-order valence-corrected chi connectivity index (χ2v) is 7.10. The maximum Gasteiger partial charge on any atom is 0.295 e. The molecule has 2 aromatic carbocycles. The van der Waals surface area contributed by atoms with E-state index in [1.54, 1.807) is 43.3 Å². The number of ether oxygens (including phenoxy) is 3. The summed E-state index contributed by atoms with van der Waals surface area (Å²) in [6.45, 7) is 4.83. The third-order valence-electron chi connectivity index (χ3n) is 5.11. The van der Waals surface area contributed by atoms with Crippen LogP contribution >= 0.6 is 0 Å². The molecule has 0 aromatic heterocycles. The zero-order valence-corrected chi connectivity index (χ0v) is 18.3. The number of methoxy groups -OCH3 is 1. The Morgan fingerprint density at radius 1 is 1.03 bits per heavy atom. The molecule has 0 aliphatic carbocycles. The summed E-state index contributed by atoms with van der Waals surface area (Å²) in [6, 6.07) is 10.4. The smallest absolute Gasteiger partial charge is 0.295 e. The summed E-state index contributed by atoms with van der Waals surface area (Å²) in [4.78, 5) is 27.2. The predicted molar refractivity (Wildman–Crippen MR) is 118 cm³/mol. The van der Waals surface area contributed by atoms with Crippen molar-refractivity contribution in [3.8, 4) is 17.2 Å². The Balaban J connectivity index is 2.13. The molecule has 8 nitrogen and oxygen atoms in total. The molecule has 0 spiro atoms. The summed E-state index contributed by atoms with van der Waals surface area (Å²) in [5, 5.41) is 21.1. The Kier molecular flexibility index (Phi) is 7.37.